The third-order valence-corrected chi connectivity index (χ3v) is 11.9. The van der Waals surface area contributed by atoms with Gasteiger partial charge in [-0.15, -0.1) is 0 Å². The van der Waals surface area contributed by atoms with Gasteiger partial charge in [0.15, 0.2) is 6.10 Å². The summed E-state index contributed by atoms with van der Waals surface area (Å²) in [5, 5.41) is 0. The number of hydrogen-bond acceptors (Lipinski definition) is 7. The number of ether oxygens (including phenoxy) is 2. The van der Waals surface area contributed by atoms with Gasteiger partial charge >= 0.3 is 19.8 Å². The average Bonchev–Trinajstić information content (AvgIpc) is 3.16. The highest BCUT2D eigenvalue weighted by molar-refractivity contribution is 7.47. The first-order valence-corrected chi connectivity index (χ1v) is 25.8. The van der Waals surface area contributed by atoms with Crippen LogP contribution in [-0.2, 0) is 32.7 Å². The van der Waals surface area contributed by atoms with Crippen LogP contribution in [0.4, 0.5) is 0 Å². The van der Waals surface area contributed by atoms with Crippen molar-refractivity contribution >= 4 is 19.8 Å². The van der Waals surface area contributed by atoms with Gasteiger partial charge in [0.25, 0.3) is 0 Å². The molecule has 0 radical (unpaired) electrons. The van der Waals surface area contributed by atoms with Crippen LogP contribution in [0.15, 0.2) is 0 Å². The van der Waals surface area contributed by atoms with E-state index in [1.54, 1.807) is 0 Å². The Morgan fingerprint density at radius 2 is 0.789 bits per heavy atom. The van der Waals surface area contributed by atoms with Crippen LogP contribution in [0.5, 0.6) is 0 Å². The van der Waals surface area contributed by atoms with Gasteiger partial charge in [-0.1, -0.05) is 213 Å². The lowest BCUT2D eigenvalue weighted by molar-refractivity contribution is -0.870. The molecule has 0 bridgehead atoms. The Morgan fingerprint density at radius 3 is 1.12 bits per heavy atom. The molecule has 0 aliphatic rings. The Bertz CT molecular complexity index is 943. The van der Waals surface area contributed by atoms with Crippen molar-refractivity contribution < 1.29 is 42.1 Å². The Hall–Kier alpha value is -0.990. The molecule has 0 spiro atoms. The zero-order valence-corrected chi connectivity index (χ0v) is 39.2. The monoisotopic (exact) mass is 833 g/mol. The van der Waals surface area contributed by atoms with E-state index in [0.717, 1.165) is 38.5 Å². The fraction of sp³-hybridized carbons (Fsp3) is 0.957. The second-order valence-corrected chi connectivity index (χ2v) is 19.3. The smallest absolute Gasteiger partial charge is 0.462 e. The number of quaternary nitrogens is 1. The maximum atomic E-state index is 12.7. The molecule has 0 aromatic rings. The van der Waals surface area contributed by atoms with Gasteiger partial charge < -0.3 is 18.9 Å². The molecule has 0 heterocycles. The van der Waals surface area contributed by atoms with Gasteiger partial charge in [0.2, 0.25) is 0 Å². The number of phosphoric ester groups is 1. The highest BCUT2D eigenvalue weighted by Gasteiger charge is 2.27. The first-order valence-electron chi connectivity index (χ1n) is 24.3. The van der Waals surface area contributed by atoms with E-state index in [2.05, 4.69) is 13.8 Å². The van der Waals surface area contributed by atoms with Crippen LogP contribution in [0.3, 0.4) is 0 Å². The number of rotatable bonds is 45. The minimum Gasteiger partial charge on any atom is -0.462 e. The second kappa shape index (κ2) is 40.4. The van der Waals surface area contributed by atoms with Gasteiger partial charge in [-0.25, -0.2) is 4.57 Å². The zero-order chi connectivity index (χ0) is 42.1. The van der Waals surface area contributed by atoms with Gasteiger partial charge in [0.1, 0.15) is 19.8 Å². The van der Waals surface area contributed by atoms with E-state index in [1.807, 2.05) is 21.1 Å². The summed E-state index contributed by atoms with van der Waals surface area (Å²) >= 11 is 0. The summed E-state index contributed by atoms with van der Waals surface area (Å²) in [5.41, 5.74) is 0. The van der Waals surface area contributed by atoms with Crippen LogP contribution in [0.25, 0.3) is 0 Å². The second-order valence-electron chi connectivity index (χ2n) is 17.9. The molecule has 0 amide bonds. The quantitative estimate of drug-likeness (QED) is 0.0280. The normalized spacial score (nSPS) is 13.4. The number of esters is 2. The number of phosphoric acid groups is 1. The van der Waals surface area contributed by atoms with Gasteiger partial charge in [-0.3, -0.25) is 18.6 Å². The standard InChI is InChI=1S/C47H94NO8P/c1-6-8-10-12-14-15-16-17-18-19-20-21-22-23-24-25-26-27-28-29-30-31-32-33-34-36-38-40-47(50)56-45(43-53-46(49)39-37-35-13-11-9-7-2)44-55-57(51,52)54-42-41-48(3,4)5/h45H,6-44H2,1-5H3/p+1. The lowest BCUT2D eigenvalue weighted by Crippen LogP contribution is -2.37. The minimum atomic E-state index is -4.36. The zero-order valence-electron chi connectivity index (χ0n) is 38.4. The third kappa shape index (κ3) is 44.4. The molecule has 10 heteroatoms. The Morgan fingerprint density at radius 1 is 0.474 bits per heavy atom. The number of carbonyl (C=O) groups excluding carboxylic acids is 2. The summed E-state index contributed by atoms with van der Waals surface area (Å²) < 4.78 is 34.2. The van der Waals surface area contributed by atoms with Gasteiger partial charge in [0.05, 0.1) is 27.7 Å². The van der Waals surface area contributed by atoms with E-state index < -0.39 is 26.5 Å². The maximum absolute atomic E-state index is 12.7. The predicted octanol–water partition coefficient (Wildman–Crippen LogP) is 14.0. The molecule has 9 nitrogen and oxygen atoms in total. The van der Waals surface area contributed by atoms with Crippen molar-refractivity contribution in [3.63, 3.8) is 0 Å². The Kier molecular flexibility index (Phi) is 39.7. The van der Waals surface area contributed by atoms with Crippen LogP contribution in [0.1, 0.15) is 239 Å². The van der Waals surface area contributed by atoms with Crippen molar-refractivity contribution in [3.05, 3.63) is 0 Å². The van der Waals surface area contributed by atoms with E-state index in [9.17, 15) is 19.0 Å². The van der Waals surface area contributed by atoms with Crippen molar-refractivity contribution in [2.75, 3.05) is 47.5 Å². The van der Waals surface area contributed by atoms with Crippen LogP contribution in [0.2, 0.25) is 0 Å². The molecule has 0 saturated carbocycles. The lowest BCUT2D eigenvalue weighted by Gasteiger charge is -2.24. The largest absolute Gasteiger partial charge is 0.472 e. The van der Waals surface area contributed by atoms with Gasteiger partial charge in [-0.05, 0) is 12.8 Å². The van der Waals surface area contributed by atoms with Crippen molar-refractivity contribution in [2.45, 2.75) is 245 Å². The number of unbranched alkanes of at least 4 members (excludes halogenated alkanes) is 31. The molecule has 2 atom stereocenters. The highest BCUT2D eigenvalue weighted by Crippen LogP contribution is 2.43. The SMILES string of the molecule is CCCCCCCCCCCCCCCCCCCCCCCCCCCCCC(=O)OC(COC(=O)CCCCCCCC)COP(=O)(O)OCC[N+](C)(C)C. The van der Waals surface area contributed by atoms with E-state index >= 15 is 0 Å². The molecule has 2 unspecified atom stereocenters. The number of likely N-dealkylation sites (N-methyl/N-ethyl adjacent to an activating group) is 1. The Labute approximate surface area is 353 Å². The van der Waals surface area contributed by atoms with Crippen molar-refractivity contribution in [2.24, 2.45) is 0 Å². The summed E-state index contributed by atoms with van der Waals surface area (Å²) in [4.78, 5) is 35.1. The summed E-state index contributed by atoms with van der Waals surface area (Å²) in [7, 11) is 1.49. The van der Waals surface area contributed by atoms with Crippen LogP contribution in [0, 0.1) is 0 Å². The maximum Gasteiger partial charge on any atom is 0.472 e. The molecule has 0 aromatic carbocycles. The molecule has 57 heavy (non-hydrogen) atoms. The predicted molar refractivity (Wildman–Crippen MR) is 238 cm³/mol. The van der Waals surface area contributed by atoms with E-state index in [0.29, 0.717) is 17.4 Å². The van der Waals surface area contributed by atoms with Gasteiger partial charge in [0, 0.05) is 12.8 Å². The van der Waals surface area contributed by atoms with E-state index in [4.69, 9.17) is 18.5 Å². The molecule has 1 N–H and O–H groups in total. The number of nitrogens with zero attached hydrogens (tertiary/aromatic N) is 1. The first-order chi connectivity index (χ1) is 27.5. The molecule has 0 saturated heterocycles. The average molecular weight is 833 g/mol. The molecular formula is C47H95NO8P+. The van der Waals surface area contributed by atoms with E-state index in [-0.39, 0.29) is 25.6 Å². The lowest BCUT2D eigenvalue weighted by atomic mass is 10.0. The fourth-order valence-corrected chi connectivity index (χ4v) is 7.82. The molecular weight excluding hydrogens is 737 g/mol. The molecule has 0 fully saturated rings. The topological polar surface area (TPSA) is 108 Å². The van der Waals surface area contributed by atoms with Crippen molar-refractivity contribution in [1.82, 2.24) is 0 Å². The third-order valence-electron chi connectivity index (χ3n) is 10.9. The van der Waals surface area contributed by atoms with Crippen molar-refractivity contribution in [1.29, 1.82) is 0 Å². The molecule has 0 rings (SSSR count). The highest BCUT2D eigenvalue weighted by atomic mass is 31.2. The summed E-state index contributed by atoms with van der Waals surface area (Å²) in [6, 6.07) is 0. The summed E-state index contributed by atoms with van der Waals surface area (Å²) in [5.74, 6) is -0.794. The van der Waals surface area contributed by atoms with Crippen LogP contribution in [-0.4, -0.2) is 74.9 Å². The fourth-order valence-electron chi connectivity index (χ4n) is 7.08. The number of hydrogen-bond donors (Lipinski definition) is 1. The Balaban J connectivity index is 3.94. The first kappa shape index (κ1) is 56.0. The van der Waals surface area contributed by atoms with Gasteiger partial charge in [-0.2, -0.15) is 0 Å². The molecule has 0 aromatic heterocycles. The van der Waals surface area contributed by atoms with Crippen LogP contribution < -0.4 is 0 Å². The number of carbonyl (C=O) groups is 2. The summed E-state index contributed by atoms with van der Waals surface area (Å²) in [6.07, 6.45) is 42.1. The molecule has 340 valence electrons. The van der Waals surface area contributed by atoms with Crippen LogP contribution >= 0.6 is 7.82 Å². The minimum absolute atomic E-state index is 0.0363. The van der Waals surface area contributed by atoms with E-state index in [1.165, 1.54) is 173 Å². The molecule has 0 aliphatic carbocycles. The summed E-state index contributed by atoms with van der Waals surface area (Å²) in [6.45, 7) is 4.39. The van der Waals surface area contributed by atoms with Crippen molar-refractivity contribution in [3.8, 4) is 0 Å². The molecule has 0 aliphatic heterocycles.